The largest absolute Gasteiger partial charge is 0.326 e. The number of nitrogens with zero attached hydrogens (tertiary/aromatic N) is 2. The molecule has 1 heterocycles. The fraction of sp³-hybridized carbons (Fsp3) is 0.556. The van der Waals surface area contributed by atoms with Crippen LogP contribution in [0.15, 0.2) is 23.2 Å². The van der Waals surface area contributed by atoms with Crippen molar-refractivity contribution in [3.63, 3.8) is 0 Å². The average molecular weight is 297 g/mol. The maximum absolute atomic E-state index is 12.7. The van der Waals surface area contributed by atoms with Crippen molar-refractivity contribution in [3.05, 3.63) is 29.3 Å². The number of carbonyl (C=O) groups is 1. The van der Waals surface area contributed by atoms with Crippen molar-refractivity contribution in [2.45, 2.75) is 44.9 Å². The van der Waals surface area contributed by atoms with Crippen LogP contribution in [0.1, 0.15) is 43.2 Å². The van der Waals surface area contributed by atoms with E-state index in [0.29, 0.717) is 0 Å². The number of aliphatic imine (C=N–C) groups is 1. The second-order valence-electron chi connectivity index (χ2n) is 6.60. The van der Waals surface area contributed by atoms with Crippen molar-refractivity contribution >= 4 is 17.6 Å². The number of fused-ring (bicyclic) bond motifs is 1. The summed E-state index contributed by atoms with van der Waals surface area (Å²) >= 11 is 0. The topological polar surface area (TPSA) is 44.7 Å². The maximum atomic E-state index is 12.7. The number of amides is 1. The van der Waals surface area contributed by atoms with Gasteiger partial charge in [0.05, 0.1) is 6.54 Å². The molecule has 3 aliphatic rings. The molecule has 22 heavy (non-hydrogen) atoms. The highest BCUT2D eigenvalue weighted by atomic mass is 16.2. The van der Waals surface area contributed by atoms with Gasteiger partial charge >= 0.3 is 0 Å². The van der Waals surface area contributed by atoms with E-state index in [1.165, 1.54) is 36.8 Å². The summed E-state index contributed by atoms with van der Waals surface area (Å²) in [5.41, 5.74) is 3.99. The van der Waals surface area contributed by atoms with Crippen molar-refractivity contribution < 1.29 is 4.79 Å². The second-order valence-corrected chi connectivity index (χ2v) is 6.60. The van der Waals surface area contributed by atoms with Crippen molar-refractivity contribution in [1.29, 1.82) is 0 Å². The minimum absolute atomic E-state index is 0.214. The van der Waals surface area contributed by atoms with Gasteiger partial charge in [0.2, 0.25) is 11.9 Å². The summed E-state index contributed by atoms with van der Waals surface area (Å²) in [6.07, 6.45) is 8.00. The lowest BCUT2D eigenvalue weighted by atomic mass is 10.1. The van der Waals surface area contributed by atoms with E-state index < -0.39 is 0 Å². The van der Waals surface area contributed by atoms with Gasteiger partial charge in [0.1, 0.15) is 0 Å². The number of anilines is 1. The summed E-state index contributed by atoms with van der Waals surface area (Å²) < 4.78 is 0. The first kappa shape index (κ1) is 13.8. The quantitative estimate of drug-likeness (QED) is 0.912. The lowest BCUT2D eigenvalue weighted by Crippen LogP contribution is -2.41. The van der Waals surface area contributed by atoms with Crippen LogP contribution in [-0.2, 0) is 17.6 Å². The van der Waals surface area contributed by atoms with E-state index in [-0.39, 0.29) is 11.8 Å². The van der Waals surface area contributed by atoms with E-state index in [1.807, 2.05) is 4.90 Å². The summed E-state index contributed by atoms with van der Waals surface area (Å²) in [5, 5.41) is 3.45. The van der Waals surface area contributed by atoms with Crippen LogP contribution in [0.4, 0.5) is 5.69 Å². The van der Waals surface area contributed by atoms with Crippen LogP contribution >= 0.6 is 0 Å². The van der Waals surface area contributed by atoms with E-state index >= 15 is 0 Å². The third-order valence-electron chi connectivity index (χ3n) is 5.20. The maximum Gasteiger partial charge on any atom is 0.232 e. The molecule has 1 aromatic carbocycles. The van der Waals surface area contributed by atoms with E-state index in [9.17, 15) is 4.79 Å². The SMILES string of the molecule is O=C(C1CCCC1)N1CCN=C1Nc1cccc2c1CCC2. The van der Waals surface area contributed by atoms with Gasteiger partial charge in [0, 0.05) is 18.2 Å². The van der Waals surface area contributed by atoms with Gasteiger partial charge in [-0.15, -0.1) is 0 Å². The van der Waals surface area contributed by atoms with Gasteiger partial charge in [-0.05, 0) is 49.3 Å². The third-order valence-corrected chi connectivity index (χ3v) is 5.20. The molecule has 116 valence electrons. The molecule has 2 aliphatic carbocycles. The van der Waals surface area contributed by atoms with Gasteiger partial charge in [0.25, 0.3) is 0 Å². The molecule has 0 unspecified atom stereocenters. The summed E-state index contributed by atoms with van der Waals surface area (Å²) in [7, 11) is 0. The van der Waals surface area contributed by atoms with Crippen LogP contribution in [-0.4, -0.2) is 29.9 Å². The molecule has 1 N–H and O–H groups in total. The van der Waals surface area contributed by atoms with Crippen molar-refractivity contribution in [1.82, 2.24) is 4.90 Å². The summed E-state index contributed by atoms with van der Waals surface area (Å²) in [6, 6.07) is 6.43. The molecule has 1 fully saturated rings. The predicted molar refractivity (Wildman–Crippen MR) is 88.1 cm³/mol. The van der Waals surface area contributed by atoms with Crippen LogP contribution in [0.2, 0.25) is 0 Å². The Balaban J connectivity index is 1.52. The number of nitrogens with one attached hydrogen (secondary N) is 1. The Hall–Kier alpha value is -1.84. The minimum Gasteiger partial charge on any atom is -0.326 e. The van der Waals surface area contributed by atoms with Crippen LogP contribution in [0.25, 0.3) is 0 Å². The second kappa shape index (κ2) is 5.75. The molecule has 0 atom stereocenters. The number of aryl methyl sites for hydroxylation is 1. The number of guanidine groups is 1. The Kier molecular flexibility index (Phi) is 3.60. The van der Waals surface area contributed by atoms with Crippen LogP contribution < -0.4 is 5.32 Å². The Morgan fingerprint density at radius 3 is 2.91 bits per heavy atom. The lowest BCUT2D eigenvalue weighted by molar-refractivity contribution is -0.130. The number of hydrogen-bond acceptors (Lipinski definition) is 3. The van der Waals surface area contributed by atoms with Crippen LogP contribution in [0.5, 0.6) is 0 Å². The van der Waals surface area contributed by atoms with Gasteiger partial charge < -0.3 is 5.32 Å². The van der Waals surface area contributed by atoms with E-state index in [2.05, 4.69) is 28.5 Å². The Morgan fingerprint density at radius 1 is 1.18 bits per heavy atom. The highest BCUT2D eigenvalue weighted by molar-refractivity contribution is 6.06. The zero-order valence-electron chi connectivity index (χ0n) is 13.0. The molecule has 4 heteroatoms. The third kappa shape index (κ3) is 2.40. The molecule has 4 rings (SSSR count). The monoisotopic (exact) mass is 297 g/mol. The van der Waals surface area contributed by atoms with Gasteiger partial charge in [-0.25, -0.2) is 0 Å². The lowest BCUT2D eigenvalue weighted by Gasteiger charge is -2.23. The number of carbonyl (C=O) groups excluding carboxylic acids is 1. The standard InChI is InChI=1S/C18H23N3O/c22-17(14-5-1-2-6-14)21-12-11-19-18(21)20-16-10-4-8-13-7-3-9-15(13)16/h4,8,10,14H,1-3,5-7,9,11-12H2,(H,19,20). The van der Waals surface area contributed by atoms with E-state index in [1.54, 1.807) is 0 Å². The number of rotatable bonds is 2. The van der Waals surface area contributed by atoms with Gasteiger partial charge in [0.15, 0.2) is 0 Å². The Labute approximate surface area is 131 Å². The average Bonchev–Trinajstić information content (AvgIpc) is 3.28. The van der Waals surface area contributed by atoms with Crippen molar-refractivity contribution in [3.8, 4) is 0 Å². The Morgan fingerprint density at radius 2 is 2.05 bits per heavy atom. The molecular weight excluding hydrogens is 274 g/mol. The van der Waals surface area contributed by atoms with E-state index in [4.69, 9.17) is 0 Å². The first-order chi connectivity index (χ1) is 10.8. The molecule has 0 aromatic heterocycles. The molecular formula is C18H23N3O. The molecule has 1 amide bonds. The highest BCUT2D eigenvalue weighted by Gasteiger charge is 2.32. The Bertz CT molecular complexity index is 617. The summed E-state index contributed by atoms with van der Waals surface area (Å²) in [4.78, 5) is 19.1. The smallest absolute Gasteiger partial charge is 0.232 e. The van der Waals surface area contributed by atoms with Crippen LogP contribution in [0, 0.1) is 5.92 Å². The van der Waals surface area contributed by atoms with Crippen LogP contribution in [0.3, 0.4) is 0 Å². The molecule has 1 saturated carbocycles. The summed E-state index contributed by atoms with van der Waals surface area (Å²) in [5.74, 6) is 1.25. The molecule has 0 spiro atoms. The number of benzene rings is 1. The normalized spacial score (nSPS) is 21.1. The van der Waals surface area contributed by atoms with Gasteiger partial charge in [-0.1, -0.05) is 25.0 Å². The first-order valence-corrected chi connectivity index (χ1v) is 8.56. The van der Waals surface area contributed by atoms with Gasteiger partial charge in [-0.2, -0.15) is 0 Å². The highest BCUT2D eigenvalue weighted by Crippen LogP contribution is 2.30. The molecule has 1 aliphatic heterocycles. The fourth-order valence-electron chi connectivity index (χ4n) is 4.02. The summed E-state index contributed by atoms with van der Waals surface area (Å²) in [6.45, 7) is 1.45. The zero-order chi connectivity index (χ0) is 14.9. The molecule has 0 saturated heterocycles. The van der Waals surface area contributed by atoms with Gasteiger partial charge in [-0.3, -0.25) is 14.7 Å². The predicted octanol–water partition coefficient (Wildman–Crippen LogP) is 2.98. The van der Waals surface area contributed by atoms with E-state index in [0.717, 1.165) is 44.0 Å². The zero-order valence-corrected chi connectivity index (χ0v) is 13.0. The van der Waals surface area contributed by atoms with Crippen molar-refractivity contribution in [2.75, 3.05) is 18.4 Å². The number of hydrogen-bond donors (Lipinski definition) is 1. The first-order valence-electron chi connectivity index (χ1n) is 8.56. The molecule has 1 aromatic rings. The molecule has 4 nitrogen and oxygen atoms in total. The van der Waals surface area contributed by atoms with Crippen molar-refractivity contribution in [2.24, 2.45) is 10.9 Å². The fourth-order valence-corrected chi connectivity index (χ4v) is 4.02. The minimum atomic E-state index is 0.214. The molecule has 0 bridgehead atoms. The molecule has 0 radical (unpaired) electrons.